The van der Waals surface area contributed by atoms with Gasteiger partial charge in [-0.05, 0) is 49.1 Å². The van der Waals surface area contributed by atoms with Gasteiger partial charge in [-0.15, -0.1) is 0 Å². The molecule has 1 fully saturated rings. The molecule has 0 aliphatic carbocycles. The Labute approximate surface area is 163 Å². The minimum Gasteiger partial charge on any atom is -0.339 e. The number of amides is 2. The van der Waals surface area contributed by atoms with Gasteiger partial charge in [-0.3, -0.25) is 19.0 Å². The van der Waals surface area contributed by atoms with Crippen LogP contribution in [0.15, 0.2) is 48.9 Å². The van der Waals surface area contributed by atoms with E-state index >= 15 is 0 Å². The second-order valence-corrected chi connectivity index (χ2v) is 7.07. The number of rotatable bonds is 5. The zero-order valence-corrected chi connectivity index (χ0v) is 15.9. The van der Waals surface area contributed by atoms with Crippen LogP contribution in [-0.2, 0) is 6.42 Å². The molecule has 3 aromatic rings. The number of imidazole rings is 1. The molecule has 7 heteroatoms. The molecule has 4 rings (SSSR count). The monoisotopic (exact) mass is 377 g/mol. The Kier molecular flexibility index (Phi) is 5.06. The Bertz CT molecular complexity index is 992. The Morgan fingerprint density at radius 3 is 2.61 bits per heavy atom. The van der Waals surface area contributed by atoms with Crippen LogP contribution in [-0.4, -0.2) is 62.7 Å². The van der Waals surface area contributed by atoms with Gasteiger partial charge in [-0.25, -0.2) is 4.98 Å². The minimum atomic E-state index is -0.198. The van der Waals surface area contributed by atoms with E-state index in [1.165, 1.54) is 0 Å². The van der Waals surface area contributed by atoms with Gasteiger partial charge in [0.2, 0.25) is 5.82 Å². The summed E-state index contributed by atoms with van der Waals surface area (Å²) in [5, 5.41) is 0. The maximum atomic E-state index is 13.0. The molecule has 0 aromatic carbocycles. The fourth-order valence-corrected chi connectivity index (χ4v) is 3.53. The SMILES string of the molecule is CN(CCc1ccncc1)C(=O)c1nc(C(=O)N2CCCC2)c2ccccn12. The van der Waals surface area contributed by atoms with E-state index in [1.807, 2.05) is 35.2 Å². The summed E-state index contributed by atoms with van der Waals surface area (Å²) in [6.45, 7) is 2.06. The standard InChI is InChI=1S/C21H23N5O2/c1-24(15-9-16-7-10-22-11-8-16)21(28)19-23-18(17-6-2-3-14-26(17)19)20(27)25-12-4-5-13-25/h2-3,6-8,10-11,14H,4-5,9,12-13,15H2,1H3. The van der Waals surface area contributed by atoms with Gasteiger partial charge in [0.05, 0.1) is 5.52 Å². The van der Waals surface area contributed by atoms with Gasteiger partial charge in [0.1, 0.15) is 0 Å². The number of pyridine rings is 2. The van der Waals surface area contributed by atoms with E-state index in [2.05, 4.69) is 9.97 Å². The molecule has 0 unspecified atom stereocenters. The fourth-order valence-electron chi connectivity index (χ4n) is 3.53. The zero-order chi connectivity index (χ0) is 19.5. The molecule has 7 nitrogen and oxygen atoms in total. The van der Waals surface area contributed by atoms with Crippen LogP contribution >= 0.6 is 0 Å². The number of carbonyl (C=O) groups is 2. The van der Waals surface area contributed by atoms with Crippen LogP contribution in [0, 0.1) is 0 Å². The van der Waals surface area contributed by atoms with Crippen LogP contribution in [0.5, 0.6) is 0 Å². The number of likely N-dealkylation sites (tertiary alicyclic amines) is 1. The first-order valence-corrected chi connectivity index (χ1v) is 9.56. The summed E-state index contributed by atoms with van der Waals surface area (Å²) in [6, 6.07) is 9.42. The van der Waals surface area contributed by atoms with Gasteiger partial charge in [0, 0.05) is 45.3 Å². The number of nitrogens with zero attached hydrogens (tertiary/aromatic N) is 5. The van der Waals surface area contributed by atoms with Crippen LogP contribution in [0.4, 0.5) is 0 Å². The van der Waals surface area contributed by atoms with Gasteiger partial charge in [0.25, 0.3) is 11.8 Å². The molecule has 0 radical (unpaired) electrons. The molecule has 4 heterocycles. The Hall–Kier alpha value is -3.22. The first-order valence-electron chi connectivity index (χ1n) is 9.56. The predicted octanol–water partition coefficient (Wildman–Crippen LogP) is 2.28. The summed E-state index contributed by atoms with van der Waals surface area (Å²) in [7, 11) is 1.76. The van der Waals surface area contributed by atoms with Gasteiger partial charge in [-0.1, -0.05) is 6.07 Å². The zero-order valence-electron chi connectivity index (χ0n) is 15.9. The lowest BCUT2D eigenvalue weighted by atomic mass is 10.2. The highest BCUT2D eigenvalue weighted by molar-refractivity contribution is 6.02. The first-order chi connectivity index (χ1) is 13.6. The van der Waals surface area contributed by atoms with E-state index in [-0.39, 0.29) is 17.6 Å². The third-order valence-electron chi connectivity index (χ3n) is 5.17. The molecular formula is C21H23N5O2. The lowest BCUT2D eigenvalue weighted by Crippen LogP contribution is -2.31. The molecule has 1 aliphatic heterocycles. The van der Waals surface area contributed by atoms with E-state index in [4.69, 9.17) is 0 Å². The minimum absolute atomic E-state index is 0.0975. The predicted molar refractivity (Wildman–Crippen MR) is 105 cm³/mol. The topological polar surface area (TPSA) is 70.8 Å². The van der Waals surface area contributed by atoms with Crippen LogP contribution in [0.1, 0.15) is 39.5 Å². The lowest BCUT2D eigenvalue weighted by molar-refractivity contribution is 0.0782. The Morgan fingerprint density at radius 2 is 1.86 bits per heavy atom. The summed E-state index contributed by atoms with van der Waals surface area (Å²) in [5.74, 6) is -0.0224. The van der Waals surface area contributed by atoms with Crippen molar-refractivity contribution in [3.63, 3.8) is 0 Å². The molecular weight excluding hydrogens is 354 g/mol. The molecule has 28 heavy (non-hydrogen) atoms. The maximum Gasteiger partial charge on any atom is 0.290 e. The molecule has 2 amide bonds. The van der Waals surface area contributed by atoms with Crippen molar-refractivity contribution < 1.29 is 9.59 Å². The number of aromatic nitrogens is 3. The van der Waals surface area contributed by atoms with Crippen molar-refractivity contribution >= 4 is 17.3 Å². The van der Waals surface area contributed by atoms with Crippen LogP contribution in [0.3, 0.4) is 0 Å². The second-order valence-electron chi connectivity index (χ2n) is 7.07. The van der Waals surface area contributed by atoms with Gasteiger partial charge < -0.3 is 9.80 Å². The van der Waals surface area contributed by atoms with Crippen molar-refractivity contribution in [2.24, 2.45) is 0 Å². The molecule has 1 aliphatic rings. The normalized spacial score (nSPS) is 13.8. The number of hydrogen-bond donors (Lipinski definition) is 0. The second kappa shape index (κ2) is 7.80. The molecule has 144 valence electrons. The summed E-state index contributed by atoms with van der Waals surface area (Å²) in [5.41, 5.74) is 2.14. The number of likely N-dealkylation sites (N-methyl/N-ethyl adjacent to an activating group) is 1. The van der Waals surface area contributed by atoms with Crippen LogP contribution in [0.2, 0.25) is 0 Å². The van der Waals surface area contributed by atoms with E-state index in [0.717, 1.165) is 37.9 Å². The third-order valence-corrected chi connectivity index (χ3v) is 5.17. The molecule has 3 aromatic heterocycles. The lowest BCUT2D eigenvalue weighted by Gasteiger charge is -2.16. The highest BCUT2D eigenvalue weighted by Gasteiger charge is 2.27. The maximum absolute atomic E-state index is 13.0. The summed E-state index contributed by atoms with van der Waals surface area (Å²) < 4.78 is 1.72. The summed E-state index contributed by atoms with van der Waals surface area (Å²) in [4.78, 5) is 37.9. The Balaban J connectivity index is 1.59. The van der Waals surface area contributed by atoms with Crippen LogP contribution < -0.4 is 0 Å². The van der Waals surface area contributed by atoms with E-state index < -0.39 is 0 Å². The molecule has 0 atom stereocenters. The third kappa shape index (κ3) is 3.47. The van der Waals surface area contributed by atoms with Crippen molar-refractivity contribution in [2.75, 3.05) is 26.7 Å². The number of hydrogen-bond acceptors (Lipinski definition) is 4. The Morgan fingerprint density at radius 1 is 1.11 bits per heavy atom. The average molecular weight is 377 g/mol. The average Bonchev–Trinajstić information content (AvgIpc) is 3.40. The molecule has 0 saturated carbocycles. The quantitative estimate of drug-likeness (QED) is 0.684. The van der Waals surface area contributed by atoms with E-state index in [1.54, 1.807) is 34.9 Å². The molecule has 0 bridgehead atoms. The fraction of sp³-hybridized carbons (Fsp3) is 0.333. The van der Waals surface area contributed by atoms with Gasteiger partial charge in [0.15, 0.2) is 5.69 Å². The van der Waals surface area contributed by atoms with Gasteiger partial charge >= 0.3 is 0 Å². The van der Waals surface area contributed by atoms with Crippen molar-refractivity contribution in [2.45, 2.75) is 19.3 Å². The van der Waals surface area contributed by atoms with Crippen molar-refractivity contribution in [3.05, 3.63) is 66.0 Å². The smallest absolute Gasteiger partial charge is 0.290 e. The van der Waals surface area contributed by atoms with Crippen molar-refractivity contribution in [1.29, 1.82) is 0 Å². The van der Waals surface area contributed by atoms with E-state index in [0.29, 0.717) is 17.8 Å². The summed E-state index contributed by atoms with van der Waals surface area (Å²) >= 11 is 0. The molecule has 0 N–H and O–H groups in total. The first kappa shape index (κ1) is 18.2. The number of fused-ring (bicyclic) bond motifs is 1. The van der Waals surface area contributed by atoms with Crippen molar-refractivity contribution in [3.8, 4) is 0 Å². The van der Waals surface area contributed by atoms with Crippen LogP contribution in [0.25, 0.3) is 5.52 Å². The molecule has 0 spiro atoms. The highest BCUT2D eigenvalue weighted by Crippen LogP contribution is 2.19. The van der Waals surface area contributed by atoms with Gasteiger partial charge in [-0.2, -0.15) is 0 Å². The van der Waals surface area contributed by atoms with Crippen molar-refractivity contribution in [1.82, 2.24) is 24.2 Å². The number of carbonyl (C=O) groups excluding carboxylic acids is 2. The molecule has 1 saturated heterocycles. The largest absolute Gasteiger partial charge is 0.339 e. The van der Waals surface area contributed by atoms with E-state index in [9.17, 15) is 9.59 Å². The highest BCUT2D eigenvalue weighted by atomic mass is 16.2. The summed E-state index contributed by atoms with van der Waals surface area (Å²) in [6.07, 6.45) is 8.04.